The van der Waals surface area contributed by atoms with E-state index in [1.807, 2.05) is 6.20 Å². The third kappa shape index (κ3) is 2.88. The zero-order chi connectivity index (χ0) is 13.2. The summed E-state index contributed by atoms with van der Waals surface area (Å²) in [5.74, 6) is 0.747. The third-order valence-corrected chi connectivity index (χ3v) is 4.89. The van der Waals surface area contributed by atoms with Crippen LogP contribution < -0.4 is 5.32 Å². The first-order chi connectivity index (χ1) is 9.22. The highest BCUT2D eigenvalue weighted by atomic mass is 32.1. The molecule has 0 spiro atoms. The van der Waals surface area contributed by atoms with E-state index in [-0.39, 0.29) is 0 Å². The van der Waals surface area contributed by atoms with E-state index < -0.39 is 0 Å². The van der Waals surface area contributed by atoms with Crippen molar-refractivity contribution >= 4 is 11.3 Å². The van der Waals surface area contributed by atoms with Crippen molar-refractivity contribution in [3.05, 3.63) is 51.5 Å². The molecule has 100 valence electrons. The molecule has 3 rings (SSSR count). The highest BCUT2D eigenvalue weighted by Gasteiger charge is 2.30. The Morgan fingerprint density at radius 3 is 2.74 bits per heavy atom. The number of thiazole rings is 1. The fourth-order valence-electron chi connectivity index (χ4n) is 2.80. The quantitative estimate of drug-likeness (QED) is 0.916. The third-order valence-electron chi connectivity index (χ3n) is 3.98. The standard InChI is InChI=1S/C16H20N2S/c1-11-5-3-4-6-15(11)13-7-14(8-13)17-10-16-18-9-12(2)19-16/h3-6,9,13-14,17H,7-8,10H2,1-2H3. The minimum Gasteiger partial charge on any atom is -0.308 e. The van der Waals surface area contributed by atoms with Gasteiger partial charge in [0.2, 0.25) is 0 Å². The first kappa shape index (κ1) is 12.8. The molecule has 0 atom stereocenters. The first-order valence-electron chi connectivity index (χ1n) is 6.92. The summed E-state index contributed by atoms with van der Waals surface area (Å²) in [6.07, 6.45) is 4.48. The minimum absolute atomic E-state index is 0.661. The van der Waals surface area contributed by atoms with Crippen molar-refractivity contribution in [3.63, 3.8) is 0 Å². The molecule has 1 fully saturated rings. The van der Waals surface area contributed by atoms with Gasteiger partial charge in [-0.3, -0.25) is 0 Å². The Balaban J connectivity index is 1.49. The molecule has 0 saturated heterocycles. The van der Waals surface area contributed by atoms with Crippen LogP contribution in [-0.2, 0) is 6.54 Å². The van der Waals surface area contributed by atoms with Crippen molar-refractivity contribution in [3.8, 4) is 0 Å². The zero-order valence-corrected chi connectivity index (χ0v) is 12.3. The number of nitrogens with zero attached hydrogens (tertiary/aromatic N) is 1. The molecule has 2 aromatic rings. The largest absolute Gasteiger partial charge is 0.308 e. The Bertz CT molecular complexity index is 555. The SMILES string of the molecule is Cc1cnc(CNC2CC(c3ccccc3C)C2)s1. The van der Waals surface area contributed by atoms with Gasteiger partial charge in [0.05, 0.1) is 0 Å². The summed E-state index contributed by atoms with van der Waals surface area (Å²) >= 11 is 1.79. The summed E-state index contributed by atoms with van der Waals surface area (Å²) in [6, 6.07) is 9.43. The fraction of sp³-hybridized carbons (Fsp3) is 0.438. The van der Waals surface area contributed by atoms with Gasteiger partial charge in [-0.2, -0.15) is 0 Å². The average Bonchev–Trinajstić information content (AvgIpc) is 2.75. The van der Waals surface area contributed by atoms with Crippen molar-refractivity contribution in [2.75, 3.05) is 0 Å². The van der Waals surface area contributed by atoms with Crippen LogP contribution in [0.2, 0.25) is 0 Å². The number of hydrogen-bond acceptors (Lipinski definition) is 3. The van der Waals surface area contributed by atoms with E-state index in [0.717, 1.165) is 12.5 Å². The van der Waals surface area contributed by atoms with E-state index in [1.165, 1.54) is 33.9 Å². The molecular formula is C16H20N2S. The smallest absolute Gasteiger partial charge is 0.107 e. The van der Waals surface area contributed by atoms with Crippen molar-refractivity contribution < 1.29 is 0 Å². The number of hydrogen-bond donors (Lipinski definition) is 1. The average molecular weight is 272 g/mol. The Labute approximate surface area is 118 Å². The molecule has 1 saturated carbocycles. The molecule has 1 heterocycles. The molecule has 2 nitrogen and oxygen atoms in total. The molecule has 1 N–H and O–H groups in total. The summed E-state index contributed by atoms with van der Waals surface area (Å²) in [5.41, 5.74) is 2.96. The second-order valence-electron chi connectivity index (χ2n) is 5.47. The van der Waals surface area contributed by atoms with E-state index in [2.05, 4.69) is 48.4 Å². The zero-order valence-electron chi connectivity index (χ0n) is 11.5. The van der Waals surface area contributed by atoms with E-state index in [1.54, 1.807) is 11.3 Å². The van der Waals surface area contributed by atoms with Crippen LogP contribution in [0.1, 0.15) is 39.8 Å². The molecule has 1 aromatic carbocycles. The van der Waals surface area contributed by atoms with Crippen LogP contribution in [0, 0.1) is 13.8 Å². The second kappa shape index (κ2) is 5.43. The molecule has 0 amide bonds. The monoisotopic (exact) mass is 272 g/mol. The molecule has 3 heteroatoms. The summed E-state index contributed by atoms with van der Waals surface area (Å²) < 4.78 is 0. The minimum atomic E-state index is 0.661. The Hall–Kier alpha value is -1.19. The van der Waals surface area contributed by atoms with Gasteiger partial charge in [-0.25, -0.2) is 4.98 Å². The van der Waals surface area contributed by atoms with Gasteiger partial charge in [-0.15, -0.1) is 11.3 Å². The lowest BCUT2D eigenvalue weighted by atomic mass is 9.74. The van der Waals surface area contributed by atoms with Crippen molar-refractivity contribution in [1.29, 1.82) is 0 Å². The molecule has 0 aliphatic heterocycles. The lowest BCUT2D eigenvalue weighted by Gasteiger charge is -2.37. The van der Waals surface area contributed by atoms with Gasteiger partial charge in [-0.1, -0.05) is 24.3 Å². The summed E-state index contributed by atoms with van der Waals surface area (Å²) in [5, 5.41) is 4.82. The van der Waals surface area contributed by atoms with E-state index in [9.17, 15) is 0 Å². The van der Waals surface area contributed by atoms with E-state index in [4.69, 9.17) is 0 Å². The lowest BCUT2D eigenvalue weighted by Crippen LogP contribution is -2.39. The van der Waals surface area contributed by atoms with Crippen molar-refractivity contribution in [2.45, 2.75) is 45.2 Å². The van der Waals surface area contributed by atoms with Gasteiger partial charge in [0.25, 0.3) is 0 Å². The molecule has 19 heavy (non-hydrogen) atoms. The predicted octanol–water partition coefficient (Wildman–Crippen LogP) is 3.80. The first-order valence-corrected chi connectivity index (χ1v) is 7.74. The molecular weight excluding hydrogens is 252 g/mol. The highest BCUT2D eigenvalue weighted by molar-refractivity contribution is 7.11. The highest BCUT2D eigenvalue weighted by Crippen LogP contribution is 2.38. The maximum atomic E-state index is 4.39. The van der Waals surface area contributed by atoms with Crippen LogP contribution in [0.15, 0.2) is 30.5 Å². The van der Waals surface area contributed by atoms with Gasteiger partial charge >= 0.3 is 0 Å². The summed E-state index contributed by atoms with van der Waals surface area (Å²) in [6.45, 7) is 5.25. The van der Waals surface area contributed by atoms with Gasteiger partial charge in [0.15, 0.2) is 0 Å². The topological polar surface area (TPSA) is 24.9 Å². The molecule has 0 unspecified atom stereocenters. The van der Waals surface area contributed by atoms with Gasteiger partial charge in [0.1, 0.15) is 5.01 Å². The summed E-state index contributed by atoms with van der Waals surface area (Å²) in [7, 11) is 0. The number of rotatable bonds is 4. The Morgan fingerprint density at radius 2 is 2.05 bits per heavy atom. The fourth-order valence-corrected chi connectivity index (χ4v) is 3.54. The van der Waals surface area contributed by atoms with Gasteiger partial charge in [-0.05, 0) is 43.7 Å². The van der Waals surface area contributed by atoms with Crippen molar-refractivity contribution in [2.24, 2.45) is 0 Å². The molecule has 0 bridgehead atoms. The molecule has 0 radical (unpaired) electrons. The van der Waals surface area contributed by atoms with E-state index >= 15 is 0 Å². The number of aromatic nitrogens is 1. The Morgan fingerprint density at radius 1 is 1.26 bits per heavy atom. The van der Waals surface area contributed by atoms with Crippen LogP contribution in [0.3, 0.4) is 0 Å². The molecule has 1 aliphatic carbocycles. The molecule has 1 aliphatic rings. The second-order valence-corrected chi connectivity index (χ2v) is 6.79. The lowest BCUT2D eigenvalue weighted by molar-refractivity contribution is 0.289. The Kier molecular flexibility index (Phi) is 3.67. The van der Waals surface area contributed by atoms with E-state index in [0.29, 0.717) is 6.04 Å². The number of nitrogens with one attached hydrogen (secondary N) is 1. The maximum absolute atomic E-state index is 4.39. The number of aryl methyl sites for hydroxylation is 2. The maximum Gasteiger partial charge on any atom is 0.107 e. The van der Waals surface area contributed by atoms with Gasteiger partial charge < -0.3 is 5.32 Å². The molecule has 1 aromatic heterocycles. The predicted molar refractivity (Wildman–Crippen MR) is 80.6 cm³/mol. The van der Waals surface area contributed by atoms with Crippen LogP contribution in [0.4, 0.5) is 0 Å². The van der Waals surface area contributed by atoms with Crippen LogP contribution >= 0.6 is 11.3 Å². The normalized spacial score (nSPS) is 22.2. The van der Waals surface area contributed by atoms with Crippen LogP contribution in [0.5, 0.6) is 0 Å². The van der Waals surface area contributed by atoms with Crippen LogP contribution in [0.25, 0.3) is 0 Å². The number of benzene rings is 1. The van der Waals surface area contributed by atoms with Crippen LogP contribution in [-0.4, -0.2) is 11.0 Å². The van der Waals surface area contributed by atoms with Crippen molar-refractivity contribution in [1.82, 2.24) is 10.3 Å². The summed E-state index contributed by atoms with van der Waals surface area (Å²) in [4.78, 5) is 5.69. The van der Waals surface area contributed by atoms with Gasteiger partial charge in [0, 0.05) is 23.7 Å².